The topological polar surface area (TPSA) is 37.8 Å². The van der Waals surface area contributed by atoms with Gasteiger partial charge in [0.1, 0.15) is 5.82 Å². The summed E-state index contributed by atoms with van der Waals surface area (Å²) in [7, 11) is 0. The second kappa shape index (κ2) is 8.20. The van der Waals surface area contributed by atoms with E-state index in [-0.39, 0.29) is 0 Å². The summed E-state index contributed by atoms with van der Waals surface area (Å²) in [6, 6.07) is 8.27. The van der Waals surface area contributed by atoms with Crippen LogP contribution >= 0.6 is 0 Å². The molecule has 0 aliphatic rings. The molecular weight excluding hydrogens is 258 g/mol. The molecule has 3 nitrogen and oxygen atoms in total. The van der Waals surface area contributed by atoms with Crippen LogP contribution in [0.5, 0.6) is 0 Å². The summed E-state index contributed by atoms with van der Waals surface area (Å²) >= 11 is 0. The van der Waals surface area contributed by atoms with Gasteiger partial charge in [-0.2, -0.15) is 0 Å². The molecule has 3 heteroatoms. The molecule has 0 spiro atoms. The Kier molecular flexibility index (Phi) is 5.95. The van der Waals surface area contributed by atoms with Crippen LogP contribution in [0.3, 0.4) is 0 Å². The molecule has 0 amide bonds. The van der Waals surface area contributed by atoms with Crippen molar-refractivity contribution in [3.05, 3.63) is 54.9 Å². The third-order valence-corrected chi connectivity index (χ3v) is 3.41. The Hall–Kier alpha value is -2.16. The Labute approximate surface area is 127 Å². The highest BCUT2D eigenvalue weighted by molar-refractivity contribution is 5.64. The van der Waals surface area contributed by atoms with Crippen LogP contribution in [0, 0.1) is 0 Å². The van der Waals surface area contributed by atoms with Crippen molar-refractivity contribution in [1.82, 2.24) is 9.97 Å². The summed E-state index contributed by atoms with van der Waals surface area (Å²) in [6.07, 6.45) is 10.2. The number of nitrogens with zero attached hydrogens (tertiary/aromatic N) is 2. The number of hydrogen-bond acceptors (Lipinski definition) is 3. The van der Waals surface area contributed by atoms with Crippen LogP contribution in [-0.4, -0.2) is 16.5 Å². The third kappa shape index (κ3) is 4.42. The molecule has 2 rings (SSSR count). The first-order valence-corrected chi connectivity index (χ1v) is 7.60. The lowest BCUT2D eigenvalue weighted by Crippen LogP contribution is -2.03. The number of aryl methyl sites for hydroxylation is 1. The average Bonchev–Trinajstić information content (AvgIpc) is 2.54. The fourth-order valence-corrected chi connectivity index (χ4v) is 2.29. The van der Waals surface area contributed by atoms with Crippen molar-refractivity contribution in [3.63, 3.8) is 0 Å². The van der Waals surface area contributed by atoms with Gasteiger partial charge in [0.15, 0.2) is 0 Å². The first kappa shape index (κ1) is 15.2. The van der Waals surface area contributed by atoms with E-state index in [1.54, 1.807) is 0 Å². The largest absolute Gasteiger partial charge is 0.367 e. The van der Waals surface area contributed by atoms with Crippen LogP contribution in [-0.2, 0) is 6.42 Å². The molecule has 0 radical (unpaired) electrons. The van der Waals surface area contributed by atoms with Crippen LogP contribution in [0.4, 0.5) is 5.82 Å². The molecular formula is C18H23N3. The van der Waals surface area contributed by atoms with E-state index in [2.05, 4.69) is 35.9 Å². The maximum absolute atomic E-state index is 4.77. The molecule has 110 valence electrons. The monoisotopic (exact) mass is 281 g/mol. The summed E-state index contributed by atoms with van der Waals surface area (Å²) in [4.78, 5) is 8.86. The Morgan fingerprint density at radius 3 is 2.67 bits per heavy atom. The lowest BCUT2D eigenvalue weighted by atomic mass is 10.0. The fraction of sp³-hybridized carbons (Fsp3) is 0.333. The molecule has 0 atom stereocenters. The van der Waals surface area contributed by atoms with Gasteiger partial charge in [-0.15, -0.1) is 6.58 Å². The first-order valence-electron chi connectivity index (χ1n) is 7.60. The lowest BCUT2D eigenvalue weighted by Gasteiger charge is -2.11. The molecule has 2 heterocycles. The summed E-state index contributed by atoms with van der Waals surface area (Å²) < 4.78 is 0. The number of aromatic nitrogens is 2. The zero-order valence-corrected chi connectivity index (χ0v) is 12.7. The molecule has 0 saturated heterocycles. The number of pyridine rings is 2. The van der Waals surface area contributed by atoms with Crippen molar-refractivity contribution >= 4 is 5.82 Å². The minimum Gasteiger partial charge on any atom is -0.367 e. The molecule has 0 bridgehead atoms. The quantitative estimate of drug-likeness (QED) is 0.573. The van der Waals surface area contributed by atoms with Crippen molar-refractivity contribution in [1.29, 1.82) is 0 Å². The van der Waals surface area contributed by atoms with E-state index in [9.17, 15) is 0 Å². The van der Waals surface area contributed by atoms with Crippen molar-refractivity contribution in [2.24, 2.45) is 0 Å². The summed E-state index contributed by atoms with van der Waals surface area (Å²) in [5.41, 5.74) is 3.49. The predicted molar refractivity (Wildman–Crippen MR) is 89.4 cm³/mol. The number of nitrogens with one attached hydrogen (secondary N) is 1. The highest BCUT2D eigenvalue weighted by Crippen LogP contribution is 2.24. The molecule has 0 aliphatic heterocycles. The second-order valence-electron chi connectivity index (χ2n) is 5.07. The Balaban J connectivity index is 2.28. The van der Waals surface area contributed by atoms with Gasteiger partial charge in [-0.3, -0.25) is 4.98 Å². The number of unbranched alkanes of at least 4 members (excludes halogenated alkanes) is 2. The molecule has 0 unspecified atom stereocenters. The normalized spacial score (nSPS) is 10.3. The van der Waals surface area contributed by atoms with Crippen molar-refractivity contribution in [3.8, 4) is 11.3 Å². The molecule has 0 saturated carbocycles. The SMILES string of the molecule is C=CCNc1ccc(CCCCC)c(-c2ccncc2)n1. The molecule has 1 N–H and O–H groups in total. The molecule has 2 aromatic rings. The maximum atomic E-state index is 4.77. The summed E-state index contributed by atoms with van der Waals surface area (Å²) in [5, 5.41) is 3.25. The Bertz CT molecular complexity index is 564. The van der Waals surface area contributed by atoms with Crippen LogP contribution in [0.15, 0.2) is 49.3 Å². The van der Waals surface area contributed by atoms with Crippen LogP contribution in [0.25, 0.3) is 11.3 Å². The smallest absolute Gasteiger partial charge is 0.126 e. The van der Waals surface area contributed by atoms with E-state index in [1.165, 1.54) is 24.8 Å². The van der Waals surface area contributed by atoms with Gasteiger partial charge in [0, 0.05) is 24.5 Å². The molecule has 2 aromatic heterocycles. The van der Waals surface area contributed by atoms with Gasteiger partial charge in [-0.1, -0.05) is 31.9 Å². The Morgan fingerprint density at radius 2 is 1.95 bits per heavy atom. The van der Waals surface area contributed by atoms with Crippen molar-refractivity contribution in [2.75, 3.05) is 11.9 Å². The zero-order valence-electron chi connectivity index (χ0n) is 12.7. The maximum Gasteiger partial charge on any atom is 0.126 e. The van der Waals surface area contributed by atoms with Gasteiger partial charge in [-0.05, 0) is 36.6 Å². The standard InChI is InChI=1S/C18H23N3/c1-3-5-6-7-15-8-9-17(20-12-4-2)21-18(15)16-10-13-19-14-11-16/h4,8-11,13-14H,2-3,5-7,12H2,1H3,(H,20,21). The van der Waals surface area contributed by atoms with E-state index in [0.717, 1.165) is 30.0 Å². The number of hydrogen-bond donors (Lipinski definition) is 1. The number of rotatable bonds is 8. The van der Waals surface area contributed by atoms with Gasteiger partial charge in [0.05, 0.1) is 5.69 Å². The van der Waals surface area contributed by atoms with Crippen LogP contribution in [0.2, 0.25) is 0 Å². The molecule has 0 aliphatic carbocycles. The third-order valence-electron chi connectivity index (χ3n) is 3.41. The summed E-state index contributed by atoms with van der Waals surface area (Å²) in [6.45, 7) is 6.67. The van der Waals surface area contributed by atoms with Gasteiger partial charge in [0.25, 0.3) is 0 Å². The van der Waals surface area contributed by atoms with Gasteiger partial charge < -0.3 is 5.32 Å². The highest BCUT2D eigenvalue weighted by Gasteiger charge is 2.08. The van der Waals surface area contributed by atoms with E-state index in [0.29, 0.717) is 0 Å². The fourth-order valence-electron chi connectivity index (χ4n) is 2.29. The second-order valence-corrected chi connectivity index (χ2v) is 5.07. The summed E-state index contributed by atoms with van der Waals surface area (Å²) in [5.74, 6) is 0.890. The average molecular weight is 281 g/mol. The molecule has 0 aromatic carbocycles. The zero-order chi connectivity index (χ0) is 14.9. The van der Waals surface area contributed by atoms with E-state index in [1.807, 2.05) is 30.6 Å². The van der Waals surface area contributed by atoms with Gasteiger partial charge in [0.2, 0.25) is 0 Å². The van der Waals surface area contributed by atoms with Crippen molar-refractivity contribution in [2.45, 2.75) is 32.6 Å². The minimum atomic E-state index is 0.720. The van der Waals surface area contributed by atoms with E-state index in [4.69, 9.17) is 4.98 Å². The van der Waals surface area contributed by atoms with Gasteiger partial charge >= 0.3 is 0 Å². The van der Waals surface area contributed by atoms with Gasteiger partial charge in [-0.25, -0.2) is 4.98 Å². The van der Waals surface area contributed by atoms with E-state index < -0.39 is 0 Å². The minimum absolute atomic E-state index is 0.720. The number of anilines is 1. The van der Waals surface area contributed by atoms with Crippen molar-refractivity contribution < 1.29 is 0 Å². The lowest BCUT2D eigenvalue weighted by molar-refractivity contribution is 0.717. The Morgan fingerprint density at radius 1 is 1.14 bits per heavy atom. The highest BCUT2D eigenvalue weighted by atomic mass is 15.0. The molecule has 21 heavy (non-hydrogen) atoms. The van der Waals surface area contributed by atoms with Crippen LogP contribution in [0.1, 0.15) is 31.7 Å². The van der Waals surface area contributed by atoms with E-state index >= 15 is 0 Å². The predicted octanol–water partition coefficient (Wildman–Crippen LogP) is 4.47. The molecule has 0 fully saturated rings. The first-order chi connectivity index (χ1) is 10.3. The van der Waals surface area contributed by atoms with Crippen LogP contribution < -0.4 is 5.32 Å².